The summed E-state index contributed by atoms with van der Waals surface area (Å²) >= 11 is 0. The third kappa shape index (κ3) is 3.96. The summed E-state index contributed by atoms with van der Waals surface area (Å²) in [5, 5.41) is 12.0. The highest BCUT2D eigenvalue weighted by molar-refractivity contribution is 5.35. The number of aromatic nitrogens is 3. The molecule has 0 saturated carbocycles. The summed E-state index contributed by atoms with van der Waals surface area (Å²) in [5.41, 5.74) is 2.19. The maximum Gasteiger partial charge on any atom is 0.149 e. The molecule has 2 fully saturated rings. The molecule has 2 saturated heterocycles. The van der Waals surface area contributed by atoms with E-state index in [2.05, 4.69) is 31.5 Å². The van der Waals surface area contributed by atoms with Crippen molar-refractivity contribution in [3.63, 3.8) is 0 Å². The van der Waals surface area contributed by atoms with E-state index in [1.807, 2.05) is 37.5 Å². The zero-order chi connectivity index (χ0) is 17.1. The number of aryl methyl sites for hydroxylation is 1. The molecular weight excluding hydrogens is 314 g/mol. The number of ether oxygens (including phenoxy) is 1. The second kappa shape index (κ2) is 7.45. The monoisotopic (exact) mass is 339 g/mol. The van der Waals surface area contributed by atoms with Gasteiger partial charge in [0.15, 0.2) is 0 Å². The normalized spacial score (nSPS) is 26.8. The molecule has 4 heterocycles. The Bertz CT molecular complexity index is 678. The van der Waals surface area contributed by atoms with Crippen molar-refractivity contribution in [3.05, 3.63) is 47.9 Å². The van der Waals surface area contributed by atoms with Gasteiger partial charge in [-0.05, 0) is 49.4 Å². The van der Waals surface area contributed by atoms with Crippen molar-refractivity contribution in [3.8, 4) is 0 Å². The number of nitrogens with zero attached hydrogens (tertiary/aromatic N) is 4. The van der Waals surface area contributed by atoms with Crippen molar-refractivity contribution in [2.75, 3.05) is 25.0 Å². The SMILES string of the molecule is Cc1ccc(N[C@@H]2CN(Cc3cccnc3)C[C@@H]3CCCO[C@@H]32)nn1. The van der Waals surface area contributed by atoms with Crippen LogP contribution < -0.4 is 5.32 Å². The molecule has 2 aliphatic rings. The van der Waals surface area contributed by atoms with Gasteiger partial charge in [0.25, 0.3) is 0 Å². The first-order valence-electron chi connectivity index (χ1n) is 9.08. The number of rotatable bonds is 4. The summed E-state index contributed by atoms with van der Waals surface area (Å²) in [5.74, 6) is 1.39. The molecule has 0 aromatic carbocycles. The lowest BCUT2D eigenvalue weighted by Gasteiger charge is -2.46. The van der Waals surface area contributed by atoms with Gasteiger partial charge >= 0.3 is 0 Å². The van der Waals surface area contributed by atoms with Crippen LogP contribution in [0.4, 0.5) is 5.82 Å². The van der Waals surface area contributed by atoms with Crippen molar-refractivity contribution < 1.29 is 4.74 Å². The van der Waals surface area contributed by atoms with E-state index >= 15 is 0 Å². The number of fused-ring (bicyclic) bond motifs is 1. The topological polar surface area (TPSA) is 63.2 Å². The number of hydrogen-bond donors (Lipinski definition) is 1. The summed E-state index contributed by atoms with van der Waals surface area (Å²) in [6, 6.07) is 8.37. The summed E-state index contributed by atoms with van der Waals surface area (Å²) < 4.78 is 6.14. The first-order chi connectivity index (χ1) is 12.3. The van der Waals surface area contributed by atoms with Crippen LogP contribution in [0.15, 0.2) is 36.7 Å². The molecule has 3 atom stereocenters. The Balaban J connectivity index is 1.49. The maximum absolute atomic E-state index is 6.14. The fraction of sp³-hybridized carbons (Fsp3) is 0.526. The van der Waals surface area contributed by atoms with Gasteiger partial charge in [0, 0.05) is 38.6 Å². The van der Waals surface area contributed by atoms with Gasteiger partial charge in [0.05, 0.1) is 17.8 Å². The zero-order valence-electron chi connectivity index (χ0n) is 14.6. The van der Waals surface area contributed by atoms with E-state index in [1.165, 1.54) is 12.0 Å². The summed E-state index contributed by atoms with van der Waals surface area (Å²) in [6.45, 7) is 5.76. The highest BCUT2D eigenvalue weighted by Gasteiger charge is 2.39. The van der Waals surface area contributed by atoms with Gasteiger partial charge in [0.2, 0.25) is 0 Å². The Kier molecular flexibility index (Phi) is 4.90. The van der Waals surface area contributed by atoms with Gasteiger partial charge in [-0.3, -0.25) is 9.88 Å². The quantitative estimate of drug-likeness (QED) is 0.922. The lowest BCUT2D eigenvalue weighted by atomic mass is 9.85. The molecule has 0 amide bonds. The third-order valence-electron chi connectivity index (χ3n) is 5.10. The number of nitrogens with one attached hydrogen (secondary N) is 1. The predicted octanol–water partition coefficient (Wildman–Crippen LogP) is 2.27. The molecule has 0 radical (unpaired) electrons. The second-order valence-corrected chi connectivity index (χ2v) is 7.10. The van der Waals surface area contributed by atoms with Gasteiger partial charge in [-0.25, -0.2) is 0 Å². The van der Waals surface area contributed by atoms with Gasteiger partial charge in [-0.2, -0.15) is 5.10 Å². The molecule has 0 spiro atoms. The Morgan fingerprint density at radius 1 is 1.24 bits per heavy atom. The molecule has 2 aromatic rings. The van der Waals surface area contributed by atoms with E-state index in [9.17, 15) is 0 Å². The summed E-state index contributed by atoms with van der Waals surface area (Å²) in [4.78, 5) is 6.75. The van der Waals surface area contributed by atoms with E-state index in [0.29, 0.717) is 5.92 Å². The van der Waals surface area contributed by atoms with Gasteiger partial charge in [-0.1, -0.05) is 6.07 Å². The molecule has 0 aliphatic carbocycles. The Labute approximate surface area is 148 Å². The fourth-order valence-electron chi connectivity index (χ4n) is 3.97. The van der Waals surface area contributed by atoms with Crippen molar-refractivity contribution in [2.24, 2.45) is 5.92 Å². The van der Waals surface area contributed by atoms with Gasteiger partial charge in [0.1, 0.15) is 5.82 Å². The maximum atomic E-state index is 6.14. The second-order valence-electron chi connectivity index (χ2n) is 7.10. The lowest BCUT2D eigenvalue weighted by Crippen LogP contribution is -2.57. The average Bonchev–Trinajstić information content (AvgIpc) is 2.64. The van der Waals surface area contributed by atoms with Crippen LogP contribution in [0.5, 0.6) is 0 Å². The third-order valence-corrected chi connectivity index (χ3v) is 5.10. The van der Waals surface area contributed by atoms with Crippen molar-refractivity contribution in [2.45, 2.75) is 38.5 Å². The van der Waals surface area contributed by atoms with Crippen LogP contribution in [0.1, 0.15) is 24.1 Å². The average molecular weight is 339 g/mol. The Morgan fingerprint density at radius 2 is 2.20 bits per heavy atom. The molecule has 2 aromatic heterocycles. The van der Waals surface area contributed by atoms with Crippen LogP contribution >= 0.6 is 0 Å². The van der Waals surface area contributed by atoms with E-state index in [-0.39, 0.29) is 12.1 Å². The molecule has 2 aliphatic heterocycles. The Morgan fingerprint density at radius 3 is 3.00 bits per heavy atom. The smallest absolute Gasteiger partial charge is 0.149 e. The minimum Gasteiger partial charge on any atom is -0.376 e. The standard InChI is InChI=1S/C19H25N5O/c1-14-6-7-18(23-22-14)21-17-13-24(11-15-4-2-8-20-10-15)12-16-5-3-9-25-19(16)17/h2,4,6-8,10,16-17,19H,3,5,9,11-13H2,1H3,(H,21,23)/t16-,17+,19-/m0/s1. The van der Waals surface area contributed by atoms with Crippen LogP contribution in [-0.4, -0.2) is 51.9 Å². The number of likely N-dealkylation sites (tertiary alicyclic amines) is 1. The van der Waals surface area contributed by atoms with Crippen LogP contribution in [0.25, 0.3) is 0 Å². The van der Waals surface area contributed by atoms with Crippen molar-refractivity contribution >= 4 is 5.82 Å². The molecule has 25 heavy (non-hydrogen) atoms. The molecule has 132 valence electrons. The number of piperidine rings is 1. The molecule has 1 N–H and O–H groups in total. The Hall–Kier alpha value is -2.05. The van der Waals surface area contributed by atoms with E-state index < -0.39 is 0 Å². The van der Waals surface area contributed by atoms with Crippen LogP contribution in [0.3, 0.4) is 0 Å². The molecule has 0 bridgehead atoms. The first-order valence-corrected chi connectivity index (χ1v) is 9.08. The molecule has 6 nitrogen and oxygen atoms in total. The van der Waals surface area contributed by atoms with Crippen molar-refractivity contribution in [1.29, 1.82) is 0 Å². The number of pyridine rings is 1. The number of anilines is 1. The largest absolute Gasteiger partial charge is 0.376 e. The van der Waals surface area contributed by atoms with Crippen molar-refractivity contribution in [1.82, 2.24) is 20.1 Å². The molecular formula is C19H25N5O. The minimum atomic E-state index is 0.229. The zero-order valence-corrected chi connectivity index (χ0v) is 14.6. The van der Waals surface area contributed by atoms with E-state index in [4.69, 9.17) is 4.74 Å². The minimum absolute atomic E-state index is 0.229. The van der Waals surface area contributed by atoms with Crippen LogP contribution in [0, 0.1) is 12.8 Å². The highest BCUT2D eigenvalue weighted by atomic mass is 16.5. The van der Waals surface area contributed by atoms with Gasteiger partial charge < -0.3 is 10.1 Å². The van der Waals surface area contributed by atoms with Crippen LogP contribution in [0.2, 0.25) is 0 Å². The van der Waals surface area contributed by atoms with Crippen LogP contribution in [-0.2, 0) is 11.3 Å². The summed E-state index contributed by atoms with van der Waals surface area (Å²) in [7, 11) is 0. The first kappa shape index (κ1) is 16.4. The lowest BCUT2D eigenvalue weighted by molar-refractivity contribution is -0.0747. The highest BCUT2D eigenvalue weighted by Crippen LogP contribution is 2.30. The predicted molar refractivity (Wildman–Crippen MR) is 96.2 cm³/mol. The fourth-order valence-corrected chi connectivity index (χ4v) is 3.97. The summed E-state index contributed by atoms with van der Waals surface area (Å²) in [6.07, 6.45) is 6.41. The molecule has 0 unspecified atom stereocenters. The van der Waals surface area contributed by atoms with Gasteiger partial charge in [-0.15, -0.1) is 5.10 Å². The van der Waals surface area contributed by atoms with E-state index in [1.54, 1.807) is 0 Å². The van der Waals surface area contributed by atoms with E-state index in [0.717, 1.165) is 44.2 Å². The molecule has 6 heteroatoms. The molecule has 4 rings (SSSR count). The number of hydrogen-bond acceptors (Lipinski definition) is 6.